The molecule has 1 heteroatoms. The Morgan fingerprint density at radius 2 is 1.73 bits per heavy atom. The molecule has 15 heavy (non-hydrogen) atoms. The second-order valence-corrected chi connectivity index (χ2v) is 4.94. The lowest BCUT2D eigenvalue weighted by atomic mass is 9.90. The van der Waals surface area contributed by atoms with Gasteiger partial charge in [0, 0.05) is 5.54 Å². The molecule has 2 N–H and O–H groups in total. The van der Waals surface area contributed by atoms with Gasteiger partial charge >= 0.3 is 0 Å². The molecule has 2 rings (SSSR count). The lowest BCUT2D eigenvalue weighted by Gasteiger charge is -2.23. The van der Waals surface area contributed by atoms with Gasteiger partial charge < -0.3 is 5.73 Å². The van der Waals surface area contributed by atoms with Crippen LogP contribution in [0.4, 0.5) is 0 Å². The molecule has 0 saturated carbocycles. The Labute approximate surface area is 92.7 Å². The summed E-state index contributed by atoms with van der Waals surface area (Å²) in [5.74, 6) is 0. The number of unbranched alkanes of at least 4 members (excludes halogenated alkanes) is 2. The number of benzene rings is 1. The fraction of sp³-hybridized carbons (Fsp3) is 0.571. The minimum atomic E-state index is 0.0544. The summed E-state index contributed by atoms with van der Waals surface area (Å²) < 4.78 is 0. The van der Waals surface area contributed by atoms with E-state index in [9.17, 15) is 0 Å². The maximum atomic E-state index is 6.45. The molecule has 0 spiro atoms. The summed E-state index contributed by atoms with van der Waals surface area (Å²) >= 11 is 0. The SMILES string of the molecule is CCCCCC1(N)Cc2ccccc2C1. The second-order valence-electron chi connectivity index (χ2n) is 4.94. The topological polar surface area (TPSA) is 26.0 Å². The first kappa shape index (κ1) is 10.7. The van der Waals surface area contributed by atoms with Crippen molar-refractivity contribution in [2.45, 2.75) is 51.0 Å². The summed E-state index contributed by atoms with van der Waals surface area (Å²) in [5.41, 5.74) is 9.44. The third-order valence-corrected chi connectivity index (χ3v) is 3.48. The van der Waals surface area contributed by atoms with E-state index < -0.39 is 0 Å². The molecule has 0 heterocycles. The third-order valence-electron chi connectivity index (χ3n) is 3.48. The molecule has 1 aliphatic carbocycles. The van der Waals surface area contributed by atoms with Gasteiger partial charge in [0.15, 0.2) is 0 Å². The Morgan fingerprint density at radius 1 is 1.13 bits per heavy atom. The fourth-order valence-electron chi connectivity index (χ4n) is 2.63. The van der Waals surface area contributed by atoms with E-state index >= 15 is 0 Å². The van der Waals surface area contributed by atoms with Crippen LogP contribution < -0.4 is 5.73 Å². The zero-order chi connectivity index (χ0) is 10.7. The lowest BCUT2D eigenvalue weighted by Crippen LogP contribution is -2.40. The minimum absolute atomic E-state index is 0.0544. The summed E-state index contributed by atoms with van der Waals surface area (Å²) in [5, 5.41) is 0. The summed E-state index contributed by atoms with van der Waals surface area (Å²) in [4.78, 5) is 0. The number of nitrogens with two attached hydrogens (primary N) is 1. The molecule has 0 amide bonds. The van der Waals surface area contributed by atoms with E-state index in [-0.39, 0.29) is 5.54 Å². The van der Waals surface area contributed by atoms with Gasteiger partial charge in [0.1, 0.15) is 0 Å². The molecule has 0 fully saturated rings. The van der Waals surface area contributed by atoms with Crippen LogP contribution in [0.3, 0.4) is 0 Å². The first-order valence-electron chi connectivity index (χ1n) is 6.09. The average Bonchev–Trinajstić information content (AvgIpc) is 2.54. The van der Waals surface area contributed by atoms with Crippen LogP contribution >= 0.6 is 0 Å². The molecule has 1 aromatic carbocycles. The second kappa shape index (κ2) is 4.36. The number of fused-ring (bicyclic) bond motifs is 1. The maximum Gasteiger partial charge on any atom is 0.0236 e. The van der Waals surface area contributed by atoms with Crippen molar-refractivity contribution in [3.63, 3.8) is 0 Å². The van der Waals surface area contributed by atoms with Crippen molar-refractivity contribution >= 4 is 0 Å². The lowest BCUT2D eigenvalue weighted by molar-refractivity contribution is 0.395. The van der Waals surface area contributed by atoms with Crippen molar-refractivity contribution in [1.82, 2.24) is 0 Å². The molecule has 0 radical (unpaired) electrons. The highest BCUT2D eigenvalue weighted by atomic mass is 14.7. The van der Waals surface area contributed by atoms with E-state index in [4.69, 9.17) is 5.73 Å². The van der Waals surface area contributed by atoms with Crippen molar-refractivity contribution in [3.8, 4) is 0 Å². The summed E-state index contributed by atoms with van der Waals surface area (Å²) in [6.07, 6.45) is 7.20. The molecule has 1 aliphatic rings. The molecule has 1 nitrogen and oxygen atoms in total. The van der Waals surface area contributed by atoms with E-state index in [0.717, 1.165) is 12.8 Å². The predicted molar refractivity (Wildman–Crippen MR) is 64.9 cm³/mol. The van der Waals surface area contributed by atoms with Crippen LogP contribution in [0.25, 0.3) is 0 Å². The largest absolute Gasteiger partial charge is 0.324 e. The molecule has 82 valence electrons. The Bertz CT molecular complexity index is 305. The van der Waals surface area contributed by atoms with Gasteiger partial charge in [-0.3, -0.25) is 0 Å². The molecular weight excluding hydrogens is 182 g/mol. The molecule has 0 aliphatic heterocycles. The van der Waals surface area contributed by atoms with Gasteiger partial charge in [0.05, 0.1) is 0 Å². The molecule has 1 aromatic rings. The van der Waals surface area contributed by atoms with Crippen LogP contribution in [-0.4, -0.2) is 5.54 Å². The predicted octanol–water partition coefficient (Wildman–Crippen LogP) is 3.06. The zero-order valence-electron chi connectivity index (χ0n) is 9.63. The highest BCUT2D eigenvalue weighted by Gasteiger charge is 2.32. The molecule has 0 bridgehead atoms. The Hall–Kier alpha value is -0.820. The van der Waals surface area contributed by atoms with Gasteiger partial charge in [0.2, 0.25) is 0 Å². The van der Waals surface area contributed by atoms with Crippen molar-refractivity contribution in [2.75, 3.05) is 0 Å². The van der Waals surface area contributed by atoms with E-state index in [0.29, 0.717) is 0 Å². The van der Waals surface area contributed by atoms with Gasteiger partial charge in [-0.05, 0) is 30.4 Å². The van der Waals surface area contributed by atoms with E-state index in [1.54, 1.807) is 0 Å². The third kappa shape index (κ3) is 2.40. The van der Waals surface area contributed by atoms with Crippen LogP contribution in [-0.2, 0) is 12.8 Å². The van der Waals surface area contributed by atoms with Crippen LogP contribution in [0.5, 0.6) is 0 Å². The standard InChI is InChI=1S/C14H21N/c1-2-3-6-9-14(15)10-12-7-4-5-8-13(12)11-14/h4-5,7-8H,2-3,6,9-11,15H2,1H3. The van der Waals surface area contributed by atoms with E-state index in [1.165, 1.54) is 36.8 Å². The summed E-state index contributed by atoms with van der Waals surface area (Å²) in [6, 6.07) is 8.70. The highest BCUT2D eigenvalue weighted by molar-refractivity contribution is 5.35. The zero-order valence-corrected chi connectivity index (χ0v) is 9.63. The van der Waals surface area contributed by atoms with Crippen LogP contribution in [0.2, 0.25) is 0 Å². The first-order chi connectivity index (χ1) is 7.23. The smallest absolute Gasteiger partial charge is 0.0236 e. The molecule has 0 aromatic heterocycles. The number of hydrogen-bond donors (Lipinski definition) is 1. The molecule has 0 atom stereocenters. The van der Waals surface area contributed by atoms with E-state index in [1.807, 2.05) is 0 Å². The fourth-order valence-corrected chi connectivity index (χ4v) is 2.63. The molecule has 0 unspecified atom stereocenters. The van der Waals surface area contributed by atoms with Crippen molar-refractivity contribution in [1.29, 1.82) is 0 Å². The Morgan fingerprint density at radius 3 is 2.27 bits per heavy atom. The molecule has 0 saturated heterocycles. The van der Waals surface area contributed by atoms with Crippen molar-refractivity contribution in [3.05, 3.63) is 35.4 Å². The average molecular weight is 203 g/mol. The van der Waals surface area contributed by atoms with Gasteiger partial charge in [0.25, 0.3) is 0 Å². The first-order valence-corrected chi connectivity index (χ1v) is 6.09. The monoisotopic (exact) mass is 203 g/mol. The van der Waals surface area contributed by atoms with Gasteiger partial charge in [-0.15, -0.1) is 0 Å². The number of rotatable bonds is 4. The van der Waals surface area contributed by atoms with E-state index in [2.05, 4.69) is 31.2 Å². The quantitative estimate of drug-likeness (QED) is 0.748. The Balaban J connectivity index is 1.98. The van der Waals surface area contributed by atoms with Gasteiger partial charge in [-0.25, -0.2) is 0 Å². The normalized spacial score (nSPS) is 17.7. The maximum absolute atomic E-state index is 6.45. The Kier molecular flexibility index (Phi) is 3.11. The van der Waals surface area contributed by atoms with Crippen LogP contribution in [0.15, 0.2) is 24.3 Å². The van der Waals surface area contributed by atoms with Gasteiger partial charge in [-0.1, -0.05) is 50.5 Å². The van der Waals surface area contributed by atoms with Crippen molar-refractivity contribution in [2.24, 2.45) is 5.73 Å². The van der Waals surface area contributed by atoms with Crippen LogP contribution in [0.1, 0.15) is 43.7 Å². The minimum Gasteiger partial charge on any atom is -0.324 e. The molecular formula is C14H21N. The highest BCUT2D eigenvalue weighted by Crippen LogP contribution is 2.31. The summed E-state index contributed by atoms with van der Waals surface area (Å²) in [7, 11) is 0. The van der Waals surface area contributed by atoms with Crippen molar-refractivity contribution < 1.29 is 0 Å². The van der Waals surface area contributed by atoms with Crippen LogP contribution in [0, 0.1) is 0 Å². The number of hydrogen-bond acceptors (Lipinski definition) is 1. The van der Waals surface area contributed by atoms with Gasteiger partial charge in [-0.2, -0.15) is 0 Å². The summed E-state index contributed by atoms with van der Waals surface area (Å²) in [6.45, 7) is 2.24.